The monoisotopic (exact) mass is 254 g/mol. The van der Waals surface area contributed by atoms with Gasteiger partial charge in [-0.1, -0.05) is 19.8 Å². The van der Waals surface area contributed by atoms with Gasteiger partial charge in [-0.05, 0) is 6.42 Å². The molecule has 2 N–H and O–H groups in total. The molecule has 2 heterocycles. The van der Waals surface area contributed by atoms with Gasteiger partial charge in [-0.3, -0.25) is 29.8 Å². The predicted octanol–water partition coefficient (Wildman–Crippen LogP) is 0.262. The minimum absolute atomic E-state index is 0.0394. The highest BCUT2D eigenvalue weighted by Gasteiger charge is 2.29. The van der Waals surface area contributed by atoms with E-state index < -0.39 is 0 Å². The maximum absolute atomic E-state index is 11.0. The van der Waals surface area contributed by atoms with Crippen molar-refractivity contribution in [3.8, 4) is 0 Å². The minimum Gasteiger partial charge on any atom is -0.296 e. The van der Waals surface area contributed by atoms with E-state index >= 15 is 0 Å². The lowest BCUT2D eigenvalue weighted by molar-refractivity contribution is -0.127. The van der Waals surface area contributed by atoms with Crippen molar-refractivity contribution in [3.63, 3.8) is 0 Å². The third-order valence-electron chi connectivity index (χ3n) is 2.83. The third-order valence-corrected chi connectivity index (χ3v) is 2.83. The Kier molecular flexibility index (Phi) is 5.48. The smallest absolute Gasteiger partial charge is 0.230 e. The zero-order valence-electron chi connectivity index (χ0n) is 10.5. The van der Waals surface area contributed by atoms with E-state index in [1.165, 1.54) is 0 Å². The lowest BCUT2D eigenvalue weighted by Gasteiger charge is -2.01. The molecule has 0 aliphatic carbocycles. The summed E-state index contributed by atoms with van der Waals surface area (Å²) in [6, 6.07) is 0. The Balaban J connectivity index is 0.000000199. The molecule has 18 heavy (non-hydrogen) atoms. The molecule has 0 aromatic rings. The number of nitrogens with one attached hydrogen (secondary N) is 2. The number of amides is 4. The first-order chi connectivity index (χ1) is 8.52. The fourth-order valence-electron chi connectivity index (χ4n) is 1.80. The van der Waals surface area contributed by atoms with Gasteiger partial charge in [-0.15, -0.1) is 0 Å². The summed E-state index contributed by atoms with van der Waals surface area (Å²) >= 11 is 0. The van der Waals surface area contributed by atoms with Crippen molar-refractivity contribution in [2.45, 2.75) is 45.4 Å². The Morgan fingerprint density at radius 3 is 1.94 bits per heavy atom. The molecule has 2 fully saturated rings. The van der Waals surface area contributed by atoms with Crippen LogP contribution in [-0.4, -0.2) is 23.6 Å². The molecule has 4 amide bonds. The van der Waals surface area contributed by atoms with Crippen molar-refractivity contribution < 1.29 is 19.2 Å². The lowest BCUT2D eigenvalue weighted by atomic mass is 10.0. The standard InChI is InChI=1S/C8H13NO2.C4H5NO2/c1-2-3-4-6-5-7(10)9-8(6)11;6-3-1-2-4(7)5-3/h6H,2-5H2,1H3,(H,9,10,11);1-2H2,(H,5,6,7). The van der Waals surface area contributed by atoms with E-state index in [0.29, 0.717) is 19.3 Å². The Morgan fingerprint density at radius 1 is 1.00 bits per heavy atom. The predicted molar refractivity (Wildman–Crippen MR) is 63.2 cm³/mol. The topological polar surface area (TPSA) is 92.3 Å². The molecule has 2 aliphatic heterocycles. The SMILES string of the molecule is CCCCC1CC(=O)NC1=O.O=C1CCC(=O)N1. The van der Waals surface area contributed by atoms with Crippen LogP contribution in [0.3, 0.4) is 0 Å². The van der Waals surface area contributed by atoms with Gasteiger partial charge in [-0.25, -0.2) is 0 Å². The van der Waals surface area contributed by atoms with Gasteiger partial charge in [0, 0.05) is 25.2 Å². The second-order valence-corrected chi connectivity index (χ2v) is 4.43. The van der Waals surface area contributed by atoms with Gasteiger partial charge >= 0.3 is 0 Å². The third kappa shape index (κ3) is 4.65. The van der Waals surface area contributed by atoms with Crippen LogP contribution in [0.5, 0.6) is 0 Å². The second-order valence-electron chi connectivity index (χ2n) is 4.43. The average Bonchev–Trinajstić information content (AvgIpc) is 2.82. The first-order valence-electron chi connectivity index (χ1n) is 6.19. The molecule has 2 rings (SSSR count). The van der Waals surface area contributed by atoms with Crippen LogP contribution >= 0.6 is 0 Å². The highest BCUT2D eigenvalue weighted by Crippen LogP contribution is 2.17. The molecular formula is C12H18N2O4. The van der Waals surface area contributed by atoms with E-state index in [-0.39, 0.29) is 29.5 Å². The zero-order valence-corrected chi connectivity index (χ0v) is 10.5. The van der Waals surface area contributed by atoms with Gasteiger partial charge in [0.2, 0.25) is 23.6 Å². The molecule has 0 saturated carbocycles. The molecule has 1 unspecified atom stereocenters. The highest BCUT2D eigenvalue weighted by molar-refractivity contribution is 6.03. The summed E-state index contributed by atoms with van der Waals surface area (Å²) in [6.45, 7) is 2.08. The number of imide groups is 2. The van der Waals surface area contributed by atoms with E-state index in [1.807, 2.05) is 0 Å². The molecular weight excluding hydrogens is 236 g/mol. The fraction of sp³-hybridized carbons (Fsp3) is 0.667. The van der Waals surface area contributed by atoms with E-state index in [2.05, 4.69) is 17.6 Å². The average molecular weight is 254 g/mol. The number of carbonyl (C=O) groups is 4. The van der Waals surface area contributed by atoms with Crippen LogP contribution < -0.4 is 10.6 Å². The van der Waals surface area contributed by atoms with E-state index in [9.17, 15) is 19.2 Å². The van der Waals surface area contributed by atoms with Gasteiger partial charge in [0.1, 0.15) is 0 Å². The fourth-order valence-corrected chi connectivity index (χ4v) is 1.80. The lowest BCUT2D eigenvalue weighted by Crippen LogP contribution is -2.21. The van der Waals surface area contributed by atoms with E-state index in [0.717, 1.165) is 19.3 Å². The van der Waals surface area contributed by atoms with E-state index in [1.54, 1.807) is 0 Å². The molecule has 6 nitrogen and oxygen atoms in total. The Labute approximate surface area is 105 Å². The maximum atomic E-state index is 11.0. The van der Waals surface area contributed by atoms with Crippen LogP contribution in [0.4, 0.5) is 0 Å². The molecule has 0 aromatic heterocycles. The van der Waals surface area contributed by atoms with Crippen molar-refractivity contribution in [3.05, 3.63) is 0 Å². The van der Waals surface area contributed by atoms with Crippen molar-refractivity contribution in [2.24, 2.45) is 5.92 Å². The van der Waals surface area contributed by atoms with Gasteiger partial charge in [0.05, 0.1) is 0 Å². The summed E-state index contributed by atoms with van der Waals surface area (Å²) in [6.07, 6.45) is 4.12. The Bertz CT molecular complexity index is 351. The Hall–Kier alpha value is -1.72. The second kappa shape index (κ2) is 6.88. The summed E-state index contributed by atoms with van der Waals surface area (Å²) in [5.41, 5.74) is 0. The number of rotatable bonds is 3. The summed E-state index contributed by atoms with van der Waals surface area (Å²) in [4.78, 5) is 41.9. The first-order valence-corrected chi connectivity index (χ1v) is 6.19. The molecule has 0 aromatic carbocycles. The quantitative estimate of drug-likeness (QED) is 0.707. The van der Waals surface area contributed by atoms with Crippen molar-refractivity contribution in [1.82, 2.24) is 10.6 Å². The normalized spacial score (nSPS) is 22.4. The summed E-state index contributed by atoms with van der Waals surface area (Å²) in [5.74, 6) is -0.531. The van der Waals surface area contributed by atoms with Crippen molar-refractivity contribution in [1.29, 1.82) is 0 Å². The zero-order chi connectivity index (χ0) is 13.5. The van der Waals surface area contributed by atoms with E-state index in [4.69, 9.17) is 0 Å². The van der Waals surface area contributed by atoms with Crippen LogP contribution in [0.1, 0.15) is 45.4 Å². The number of carbonyl (C=O) groups excluding carboxylic acids is 4. The molecule has 100 valence electrons. The largest absolute Gasteiger partial charge is 0.296 e. The first kappa shape index (κ1) is 14.3. The van der Waals surface area contributed by atoms with Gasteiger partial charge in [-0.2, -0.15) is 0 Å². The number of hydrogen-bond donors (Lipinski definition) is 2. The molecule has 0 spiro atoms. The Morgan fingerprint density at radius 2 is 1.61 bits per heavy atom. The van der Waals surface area contributed by atoms with Crippen LogP contribution in [0.25, 0.3) is 0 Å². The molecule has 0 bridgehead atoms. The van der Waals surface area contributed by atoms with Gasteiger partial charge in [0.25, 0.3) is 0 Å². The molecule has 2 saturated heterocycles. The molecule has 0 radical (unpaired) electrons. The highest BCUT2D eigenvalue weighted by atomic mass is 16.2. The van der Waals surface area contributed by atoms with Crippen LogP contribution in [0, 0.1) is 5.92 Å². The molecule has 6 heteroatoms. The van der Waals surface area contributed by atoms with Crippen molar-refractivity contribution in [2.75, 3.05) is 0 Å². The van der Waals surface area contributed by atoms with Crippen molar-refractivity contribution >= 4 is 23.6 Å². The van der Waals surface area contributed by atoms with Crippen LogP contribution in [0.2, 0.25) is 0 Å². The summed E-state index contributed by atoms with van der Waals surface area (Å²) in [7, 11) is 0. The number of hydrogen-bond acceptors (Lipinski definition) is 4. The van der Waals surface area contributed by atoms with Crippen LogP contribution in [-0.2, 0) is 19.2 Å². The van der Waals surface area contributed by atoms with Gasteiger partial charge in [0.15, 0.2) is 0 Å². The van der Waals surface area contributed by atoms with Gasteiger partial charge < -0.3 is 0 Å². The minimum atomic E-state index is -0.148. The number of unbranched alkanes of at least 4 members (excludes halogenated alkanes) is 1. The summed E-state index contributed by atoms with van der Waals surface area (Å²) in [5, 5.41) is 4.44. The molecule has 1 atom stereocenters. The maximum Gasteiger partial charge on any atom is 0.230 e. The van der Waals surface area contributed by atoms with Crippen LogP contribution in [0.15, 0.2) is 0 Å². The molecule has 2 aliphatic rings. The summed E-state index contributed by atoms with van der Waals surface area (Å²) < 4.78 is 0.